The highest BCUT2D eigenvalue weighted by atomic mass is 15.3. The smallest absolute Gasteiger partial charge is 0.250 e. The molecule has 0 unspecified atom stereocenters. The highest BCUT2D eigenvalue weighted by Crippen LogP contribution is 2.50. The van der Waals surface area contributed by atoms with E-state index in [2.05, 4.69) is 350 Å². The first-order valence-corrected chi connectivity index (χ1v) is 26.8. The summed E-state index contributed by atoms with van der Waals surface area (Å²) >= 11 is 0. The van der Waals surface area contributed by atoms with Gasteiger partial charge in [-0.3, -0.25) is 0 Å². The van der Waals surface area contributed by atoms with Gasteiger partial charge in [-0.25, -0.2) is 9.80 Å². The average Bonchev–Trinajstić information content (AvgIpc) is 3.67. The molecule has 0 aliphatic carbocycles. The second-order valence-corrected chi connectivity index (χ2v) is 19.9. The number of fused-ring (bicyclic) bond motifs is 4. The summed E-state index contributed by atoms with van der Waals surface area (Å²) in [6.07, 6.45) is -2.07. The van der Waals surface area contributed by atoms with E-state index in [1.54, 1.807) is 0 Å². The SMILES string of the molecule is c1ccc(N(c2ccccc2)c2ccc3c(c2)N(c2ccccc2)c2cc(N(c4ccccc4)c4ccccc4)cc4[n+]2[B-]3(c2ccccc2)c2ccc(N(c3ccccc3)c3ccccc3)cc2N4c2ccccc2)cc1. The van der Waals surface area contributed by atoms with Crippen LogP contribution in [0.2, 0.25) is 0 Å². The van der Waals surface area contributed by atoms with Crippen LogP contribution >= 0.6 is 0 Å². The van der Waals surface area contributed by atoms with Gasteiger partial charge in [-0.2, -0.15) is 5.46 Å². The fourth-order valence-corrected chi connectivity index (χ4v) is 12.3. The van der Waals surface area contributed by atoms with Crippen LogP contribution in [0.4, 0.5) is 85.6 Å². The van der Waals surface area contributed by atoms with Crippen LogP contribution in [0.25, 0.3) is 0 Å². The molecule has 0 N–H and O–H groups in total. The molecule has 0 saturated heterocycles. The first kappa shape index (κ1) is 46.2. The number of nitrogens with zero attached hydrogens (tertiary/aromatic N) is 6. The van der Waals surface area contributed by atoms with Crippen molar-refractivity contribution in [2.75, 3.05) is 24.5 Å². The Kier molecular flexibility index (Phi) is 11.7. The van der Waals surface area contributed by atoms with E-state index in [9.17, 15) is 0 Å². The minimum Gasteiger partial charge on any atom is -0.410 e. The predicted molar refractivity (Wildman–Crippen MR) is 327 cm³/mol. The Morgan fingerprint density at radius 1 is 0.244 bits per heavy atom. The minimum absolute atomic E-state index is 1.01. The Balaban J connectivity index is 1.15. The summed E-state index contributed by atoms with van der Waals surface area (Å²) in [6.45, 7) is 0. The van der Waals surface area contributed by atoms with Gasteiger partial charge in [-0.05, 0) is 121 Å². The van der Waals surface area contributed by atoms with E-state index in [4.69, 9.17) is 0 Å². The number of pyridine rings is 1. The first-order valence-electron chi connectivity index (χ1n) is 26.8. The summed E-state index contributed by atoms with van der Waals surface area (Å²) in [4.78, 5) is 12.2. The van der Waals surface area contributed by atoms with Crippen LogP contribution in [-0.2, 0) is 0 Å². The van der Waals surface area contributed by atoms with Crippen molar-refractivity contribution >= 4 is 108 Å². The molecular formula is C71H53BN6. The van der Waals surface area contributed by atoms with Gasteiger partial charge in [0.2, 0.25) is 6.28 Å². The molecule has 11 aromatic carbocycles. The Morgan fingerprint density at radius 3 is 0.821 bits per heavy atom. The molecule has 0 saturated carbocycles. The molecule has 0 atom stereocenters. The molecule has 370 valence electrons. The van der Waals surface area contributed by atoms with Gasteiger partial charge < -0.3 is 19.2 Å². The Bertz CT molecular complexity index is 3710. The number of hydrogen-bond donors (Lipinski definition) is 0. The van der Waals surface area contributed by atoms with E-state index in [0.29, 0.717) is 0 Å². The monoisotopic (exact) mass is 1000 g/mol. The van der Waals surface area contributed by atoms with Gasteiger partial charge >= 0.3 is 0 Å². The summed E-state index contributed by atoms with van der Waals surface area (Å²) < 4.78 is 2.69. The average molecular weight is 1000 g/mol. The van der Waals surface area contributed by atoms with E-state index in [-0.39, 0.29) is 0 Å². The van der Waals surface area contributed by atoms with Crippen molar-refractivity contribution in [1.29, 1.82) is 0 Å². The van der Waals surface area contributed by atoms with Crippen molar-refractivity contribution in [3.63, 3.8) is 0 Å². The van der Waals surface area contributed by atoms with Crippen LogP contribution in [0.5, 0.6) is 0 Å². The highest BCUT2D eigenvalue weighted by Gasteiger charge is 2.53. The molecule has 2 aliphatic rings. The van der Waals surface area contributed by atoms with Gasteiger partial charge in [0.05, 0.1) is 17.1 Å². The number of hydrogen-bond acceptors (Lipinski definition) is 5. The Hall–Kier alpha value is -10.4. The van der Waals surface area contributed by atoms with Gasteiger partial charge in [-0.15, -0.1) is 10.9 Å². The normalized spacial score (nSPS) is 12.7. The van der Waals surface area contributed by atoms with Crippen molar-refractivity contribution < 1.29 is 4.48 Å². The lowest BCUT2D eigenvalue weighted by Gasteiger charge is -2.54. The molecule has 0 amide bonds. The number of anilines is 15. The molecule has 3 heterocycles. The summed E-state index contributed by atoms with van der Waals surface area (Å²) in [7, 11) is 0. The van der Waals surface area contributed by atoms with Gasteiger partial charge in [-0.1, -0.05) is 188 Å². The Morgan fingerprint density at radius 2 is 0.513 bits per heavy atom. The number of para-hydroxylation sites is 8. The fourth-order valence-electron chi connectivity index (χ4n) is 12.3. The topological polar surface area (TPSA) is 20.1 Å². The van der Waals surface area contributed by atoms with Crippen LogP contribution in [0.15, 0.2) is 322 Å². The van der Waals surface area contributed by atoms with Gasteiger partial charge in [0, 0.05) is 57.6 Å². The van der Waals surface area contributed by atoms with Crippen molar-refractivity contribution in [3.05, 3.63) is 322 Å². The molecule has 0 fully saturated rings. The van der Waals surface area contributed by atoms with Gasteiger partial charge in [0.1, 0.15) is 11.4 Å². The van der Waals surface area contributed by atoms with Crippen molar-refractivity contribution in [1.82, 2.24) is 0 Å². The van der Waals surface area contributed by atoms with E-state index >= 15 is 0 Å². The van der Waals surface area contributed by atoms with Crippen LogP contribution in [0.3, 0.4) is 0 Å². The van der Waals surface area contributed by atoms with Crippen LogP contribution in [0.1, 0.15) is 0 Å². The number of aromatic nitrogens is 1. The van der Waals surface area contributed by atoms with Crippen molar-refractivity contribution in [2.24, 2.45) is 0 Å². The van der Waals surface area contributed by atoms with Crippen LogP contribution < -0.4 is 45.4 Å². The number of rotatable bonds is 12. The molecule has 12 aromatic rings. The molecular weight excluding hydrogens is 948 g/mol. The zero-order valence-corrected chi connectivity index (χ0v) is 42.9. The zero-order chi connectivity index (χ0) is 51.8. The molecule has 0 spiro atoms. The molecule has 1 aromatic heterocycles. The molecule has 78 heavy (non-hydrogen) atoms. The molecule has 0 bridgehead atoms. The maximum atomic E-state index is 2.69. The summed E-state index contributed by atoms with van der Waals surface area (Å²) in [6, 6.07) is 117. The van der Waals surface area contributed by atoms with E-state index in [1.807, 2.05) is 0 Å². The van der Waals surface area contributed by atoms with E-state index < -0.39 is 6.28 Å². The molecule has 14 rings (SSSR count). The summed E-state index contributed by atoms with van der Waals surface area (Å²) in [5.74, 6) is 2.05. The maximum absolute atomic E-state index is 2.69. The van der Waals surface area contributed by atoms with Crippen LogP contribution in [0, 0.1) is 0 Å². The standard InChI is InChI=1S/C71H53BN6/c1-10-28-54(29-11-1)72-66-48-46-63(73(55-30-12-2-13-31-55)56-32-14-3-15-33-56)50-68(66)76(61-42-24-8-25-43-61)70-52-65(75(59-38-20-6-21-39-59)60-40-22-7-23-41-60)53-71(78(70)72)77(62-44-26-9-27-45-62)69-51-64(47-49-67(69)72)74(57-34-16-4-17-35-57)58-36-18-5-19-37-58/h1-53H. The first-order chi connectivity index (χ1) is 38.7. The fraction of sp³-hybridized carbons (Fsp3) is 0. The van der Waals surface area contributed by atoms with Gasteiger partial charge in [0.15, 0.2) is 11.6 Å². The molecule has 0 radical (unpaired) electrons. The predicted octanol–water partition coefficient (Wildman–Crippen LogP) is 16.5. The second kappa shape index (κ2) is 19.7. The summed E-state index contributed by atoms with van der Waals surface area (Å²) in [5.41, 5.74) is 17.4. The van der Waals surface area contributed by atoms with Gasteiger partial charge in [0.25, 0.3) is 0 Å². The highest BCUT2D eigenvalue weighted by molar-refractivity contribution is 7.07. The third-order valence-corrected chi connectivity index (χ3v) is 15.5. The number of benzene rings is 11. The summed E-state index contributed by atoms with van der Waals surface area (Å²) in [5, 5.41) is 0. The molecule has 2 aliphatic heterocycles. The van der Waals surface area contributed by atoms with Crippen molar-refractivity contribution in [3.8, 4) is 0 Å². The lowest BCUT2D eigenvalue weighted by molar-refractivity contribution is -0.512. The molecule has 6 nitrogen and oxygen atoms in total. The van der Waals surface area contributed by atoms with E-state index in [0.717, 1.165) is 85.6 Å². The largest absolute Gasteiger partial charge is 0.410 e. The second-order valence-electron chi connectivity index (χ2n) is 19.9. The zero-order valence-electron chi connectivity index (χ0n) is 42.9. The maximum Gasteiger partial charge on any atom is 0.250 e. The quantitative estimate of drug-likeness (QED) is 0.113. The lowest BCUT2D eigenvalue weighted by Crippen LogP contribution is -2.89. The third kappa shape index (κ3) is 7.79. The van der Waals surface area contributed by atoms with E-state index in [1.165, 1.54) is 16.4 Å². The lowest BCUT2D eigenvalue weighted by atomic mass is 9.22. The van der Waals surface area contributed by atoms with Crippen molar-refractivity contribution in [2.45, 2.75) is 0 Å². The molecule has 7 heteroatoms. The van der Waals surface area contributed by atoms with Crippen LogP contribution in [-0.4, -0.2) is 6.28 Å². The minimum atomic E-state index is -2.07. The third-order valence-electron chi connectivity index (χ3n) is 15.5. The Labute approximate surface area is 456 Å².